The van der Waals surface area contributed by atoms with E-state index in [2.05, 4.69) is 50.2 Å². The fourth-order valence-electron chi connectivity index (χ4n) is 2.64. The molecule has 0 aliphatic carbocycles. The fourth-order valence-corrected chi connectivity index (χ4v) is 2.64. The van der Waals surface area contributed by atoms with Gasteiger partial charge in [-0.05, 0) is 41.7 Å². The molecule has 0 aromatic heterocycles. The highest BCUT2D eigenvalue weighted by molar-refractivity contribution is 5.44. The molecule has 0 spiro atoms. The Kier molecular flexibility index (Phi) is 4.62. The van der Waals surface area contributed by atoms with Gasteiger partial charge in [-0.2, -0.15) is 0 Å². The van der Waals surface area contributed by atoms with Gasteiger partial charge in [0.15, 0.2) is 0 Å². The molecule has 2 aromatic rings. The van der Waals surface area contributed by atoms with Crippen LogP contribution in [0.15, 0.2) is 48.5 Å². The molecule has 1 heteroatoms. The molecule has 1 nitrogen and oxygen atoms in total. The van der Waals surface area contributed by atoms with Crippen LogP contribution in [-0.2, 0) is 6.42 Å². The maximum Gasteiger partial charge on any atom is 0.0316 e. The third-order valence-electron chi connectivity index (χ3n) is 3.64. The maximum absolute atomic E-state index is 5.89. The van der Waals surface area contributed by atoms with E-state index in [0.717, 1.165) is 18.5 Å². The van der Waals surface area contributed by atoms with Crippen molar-refractivity contribution in [2.45, 2.75) is 39.0 Å². The first kappa shape index (κ1) is 13.7. The van der Waals surface area contributed by atoms with Crippen LogP contribution in [0.2, 0.25) is 0 Å². The van der Waals surface area contributed by atoms with E-state index in [9.17, 15) is 0 Å². The molecule has 0 radical (unpaired) electrons. The van der Waals surface area contributed by atoms with E-state index in [-0.39, 0.29) is 0 Å². The molecule has 2 rings (SSSR count). The van der Waals surface area contributed by atoms with Crippen molar-refractivity contribution < 1.29 is 0 Å². The number of aryl methyl sites for hydroxylation is 1. The van der Waals surface area contributed by atoms with Crippen LogP contribution in [-0.4, -0.2) is 0 Å². The third-order valence-corrected chi connectivity index (χ3v) is 3.64. The molecule has 19 heavy (non-hydrogen) atoms. The van der Waals surface area contributed by atoms with E-state index in [0.29, 0.717) is 5.92 Å². The Bertz CT molecular complexity index is 513. The highest BCUT2D eigenvalue weighted by Gasteiger charge is 2.12. The van der Waals surface area contributed by atoms with Crippen molar-refractivity contribution in [2.24, 2.45) is 0 Å². The summed E-state index contributed by atoms with van der Waals surface area (Å²) >= 11 is 0. The summed E-state index contributed by atoms with van der Waals surface area (Å²) in [7, 11) is 0. The minimum atomic E-state index is 0.444. The van der Waals surface area contributed by atoms with Gasteiger partial charge < -0.3 is 5.73 Å². The summed E-state index contributed by atoms with van der Waals surface area (Å²) in [4.78, 5) is 0. The van der Waals surface area contributed by atoms with Crippen LogP contribution in [0, 0.1) is 0 Å². The molecular weight excluding hydrogens is 230 g/mol. The molecule has 0 heterocycles. The molecule has 0 saturated carbocycles. The van der Waals surface area contributed by atoms with Gasteiger partial charge in [0.1, 0.15) is 0 Å². The minimum Gasteiger partial charge on any atom is -0.399 e. The number of hydrogen-bond donors (Lipinski definition) is 1. The zero-order valence-corrected chi connectivity index (χ0v) is 11.9. The van der Waals surface area contributed by atoms with E-state index in [1.54, 1.807) is 0 Å². The van der Waals surface area contributed by atoms with E-state index >= 15 is 0 Å². The molecular formula is C18H23N. The van der Waals surface area contributed by atoms with Crippen molar-refractivity contribution in [1.82, 2.24) is 0 Å². The van der Waals surface area contributed by atoms with Gasteiger partial charge in [0, 0.05) is 11.6 Å². The number of benzene rings is 2. The summed E-state index contributed by atoms with van der Waals surface area (Å²) in [5.41, 5.74) is 10.9. The van der Waals surface area contributed by atoms with Gasteiger partial charge in [0.2, 0.25) is 0 Å². The Morgan fingerprint density at radius 1 is 0.947 bits per heavy atom. The van der Waals surface area contributed by atoms with Crippen LogP contribution in [0.3, 0.4) is 0 Å². The van der Waals surface area contributed by atoms with Gasteiger partial charge in [-0.3, -0.25) is 0 Å². The Morgan fingerprint density at radius 2 is 1.68 bits per heavy atom. The maximum atomic E-state index is 5.89. The Hall–Kier alpha value is -1.76. The molecule has 0 bridgehead atoms. The summed E-state index contributed by atoms with van der Waals surface area (Å²) < 4.78 is 0. The Balaban J connectivity index is 2.26. The third kappa shape index (κ3) is 3.37. The van der Waals surface area contributed by atoms with Crippen LogP contribution in [0.5, 0.6) is 0 Å². The SMILES string of the molecule is CCCc1ccc(C(CC)c2cccc(N)c2)cc1. The molecule has 1 unspecified atom stereocenters. The molecule has 100 valence electrons. The summed E-state index contributed by atoms with van der Waals surface area (Å²) in [6.07, 6.45) is 3.46. The van der Waals surface area contributed by atoms with Crippen molar-refractivity contribution in [3.63, 3.8) is 0 Å². The Morgan fingerprint density at radius 3 is 2.26 bits per heavy atom. The molecule has 0 saturated heterocycles. The topological polar surface area (TPSA) is 26.0 Å². The van der Waals surface area contributed by atoms with Crippen molar-refractivity contribution in [1.29, 1.82) is 0 Å². The number of nitrogen functional groups attached to an aromatic ring is 1. The summed E-state index contributed by atoms with van der Waals surface area (Å²) in [6, 6.07) is 17.3. The second-order valence-electron chi connectivity index (χ2n) is 5.12. The van der Waals surface area contributed by atoms with Crippen molar-refractivity contribution in [2.75, 3.05) is 5.73 Å². The quantitative estimate of drug-likeness (QED) is 0.764. The molecule has 2 aromatic carbocycles. The van der Waals surface area contributed by atoms with Crippen molar-refractivity contribution in [3.8, 4) is 0 Å². The number of anilines is 1. The van der Waals surface area contributed by atoms with Gasteiger partial charge in [0.05, 0.1) is 0 Å². The average molecular weight is 253 g/mol. The van der Waals surface area contributed by atoms with Gasteiger partial charge >= 0.3 is 0 Å². The summed E-state index contributed by atoms with van der Waals surface area (Å²) in [5, 5.41) is 0. The van der Waals surface area contributed by atoms with E-state index < -0.39 is 0 Å². The predicted octanol–water partition coefficient (Wildman–Crippen LogP) is 4.76. The van der Waals surface area contributed by atoms with Crippen LogP contribution >= 0.6 is 0 Å². The molecule has 0 aliphatic heterocycles. The number of rotatable bonds is 5. The van der Waals surface area contributed by atoms with E-state index in [1.165, 1.54) is 23.1 Å². The fraction of sp³-hybridized carbons (Fsp3) is 0.333. The minimum absolute atomic E-state index is 0.444. The second-order valence-corrected chi connectivity index (χ2v) is 5.12. The van der Waals surface area contributed by atoms with Gasteiger partial charge in [0.25, 0.3) is 0 Å². The molecule has 0 fully saturated rings. The monoisotopic (exact) mass is 253 g/mol. The van der Waals surface area contributed by atoms with Crippen molar-refractivity contribution >= 4 is 5.69 Å². The zero-order valence-electron chi connectivity index (χ0n) is 11.9. The predicted molar refractivity (Wildman–Crippen MR) is 83.4 cm³/mol. The van der Waals surface area contributed by atoms with Gasteiger partial charge in [-0.1, -0.05) is 56.7 Å². The molecule has 1 atom stereocenters. The lowest BCUT2D eigenvalue weighted by Gasteiger charge is -2.17. The normalized spacial score (nSPS) is 12.3. The largest absolute Gasteiger partial charge is 0.399 e. The zero-order chi connectivity index (χ0) is 13.7. The summed E-state index contributed by atoms with van der Waals surface area (Å²) in [5.74, 6) is 0.444. The van der Waals surface area contributed by atoms with Gasteiger partial charge in [-0.25, -0.2) is 0 Å². The smallest absolute Gasteiger partial charge is 0.0316 e. The first-order valence-corrected chi connectivity index (χ1v) is 7.18. The van der Waals surface area contributed by atoms with Crippen LogP contribution < -0.4 is 5.73 Å². The first-order chi connectivity index (χ1) is 9.24. The second kappa shape index (κ2) is 6.42. The lowest BCUT2D eigenvalue weighted by Crippen LogP contribution is -2.01. The number of hydrogen-bond acceptors (Lipinski definition) is 1. The molecule has 0 aliphatic rings. The van der Waals surface area contributed by atoms with E-state index in [1.807, 2.05) is 12.1 Å². The van der Waals surface area contributed by atoms with Crippen LogP contribution in [0.4, 0.5) is 5.69 Å². The highest BCUT2D eigenvalue weighted by atomic mass is 14.5. The van der Waals surface area contributed by atoms with Crippen LogP contribution in [0.25, 0.3) is 0 Å². The lowest BCUT2D eigenvalue weighted by atomic mass is 9.88. The average Bonchev–Trinajstić information content (AvgIpc) is 2.42. The van der Waals surface area contributed by atoms with Gasteiger partial charge in [-0.15, -0.1) is 0 Å². The Labute approximate surface area is 116 Å². The van der Waals surface area contributed by atoms with Crippen molar-refractivity contribution in [3.05, 3.63) is 65.2 Å². The van der Waals surface area contributed by atoms with E-state index in [4.69, 9.17) is 5.73 Å². The standard InChI is InChI=1S/C18H23N/c1-3-6-14-9-11-15(12-10-14)18(4-2)16-7-5-8-17(19)13-16/h5,7-13,18H,3-4,6,19H2,1-2H3. The first-order valence-electron chi connectivity index (χ1n) is 7.18. The number of nitrogens with two attached hydrogens (primary N) is 1. The highest BCUT2D eigenvalue weighted by Crippen LogP contribution is 2.29. The molecule has 0 amide bonds. The summed E-state index contributed by atoms with van der Waals surface area (Å²) in [6.45, 7) is 4.45. The lowest BCUT2D eigenvalue weighted by molar-refractivity contribution is 0.776. The molecule has 2 N–H and O–H groups in total. The van der Waals surface area contributed by atoms with Crippen LogP contribution in [0.1, 0.15) is 49.3 Å².